The van der Waals surface area contributed by atoms with Gasteiger partial charge < -0.3 is 65.1 Å². The van der Waals surface area contributed by atoms with E-state index in [2.05, 4.69) is 104 Å². The minimum Gasteiger partial charge on any atom is -0.394 e. The molecule has 14 nitrogen and oxygen atoms in total. The Labute approximate surface area is 382 Å². The highest BCUT2D eigenvalue weighted by molar-refractivity contribution is 5.76. The zero-order valence-corrected chi connectivity index (χ0v) is 38.2. The number of hydrogen-bond donors (Lipinski definition) is 9. The monoisotopic (exact) mass is 904 g/mol. The Morgan fingerprint density at radius 2 is 1.09 bits per heavy atom. The van der Waals surface area contributed by atoms with Gasteiger partial charge in [-0.05, 0) is 83.5 Å². The summed E-state index contributed by atoms with van der Waals surface area (Å²) in [6.07, 6.45) is 30.3. The summed E-state index contributed by atoms with van der Waals surface area (Å²) >= 11 is 0. The molecule has 0 spiro atoms. The minimum atomic E-state index is -1.80. The summed E-state index contributed by atoms with van der Waals surface area (Å²) in [6, 6.07) is -0.959. The van der Waals surface area contributed by atoms with Crippen LogP contribution in [0, 0.1) is 0 Å². The molecule has 0 saturated carbocycles. The van der Waals surface area contributed by atoms with Crippen LogP contribution in [0.1, 0.15) is 117 Å². The molecule has 2 aliphatic heterocycles. The molecule has 14 heteroatoms. The fourth-order valence-electron chi connectivity index (χ4n) is 6.88. The molecule has 2 saturated heterocycles. The Morgan fingerprint density at radius 1 is 0.578 bits per heavy atom. The van der Waals surface area contributed by atoms with Crippen LogP contribution < -0.4 is 5.32 Å². The third-order valence-electron chi connectivity index (χ3n) is 10.7. The SMILES string of the molecule is CC/C=C\C/C=C\C/C=C\C/C=C\C/C=C\CCCCCC(=O)NC(COC1OC(CO)C(OC2OC(CO)C(O)C(O)C2O)C(O)C1O)C(O)/C=C/CC/C=C/CC/C=C/CCC. The number of rotatable bonds is 33. The van der Waals surface area contributed by atoms with Crippen molar-refractivity contribution in [1.29, 1.82) is 0 Å². The topological polar surface area (TPSA) is 228 Å². The molecule has 0 bridgehead atoms. The summed E-state index contributed by atoms with van der Waals surface area (Å²) in [6.45, 7) is 2.50. The molecule has 9 N–H and O–H groups in total. The predicted molar refractivity (Wildman–Crippen MR) is 249 cm³/mol. The van der Waals surface area contributed by atoms with Crippen LogP contribution in [0.3, 0.4) is 0 Å². The fourth-order valence-corrected chi connectivity index (χ4v) is 6.88. The van der Waals surface area contributed by atoms with E-state index in [9.17, 15) is 45.6 Å². The number of amides is 1. The number of ether oxygens (including phenoxy) is 4. The van der Waals surface area contributed by atoms with Gasteiger partial charge in [-0.15, -0.1) is 0 Å². The first-order valence-corrected chi connectivity index (χ1v) is 23.5. The lowest BCUT2D eigenvalue weighted by Gasteiger charge is -2.46. The van der Waals surface area contributed by atoms with Crippen LogP contribution in [-0.2, 0) is 23.7 Å². The van der Waals surface area contributed by atoms with E-state index in [1.807, 2.05) is 6.08 Å². The lowest BCUT2D eigenvalue weighted by Crippen LogP contribution is -2.65. The van der Waals surface area contributed by atoms with Crippen molar-refractivity contribution in [3.05, 3.63) is 97.2 Å². The van der Waals surface area contributed by atoms with Gasteiger partial charge in [0.2, 0.25) is 5.91 Å². The lowest BCUT2D eigenvalue weighted by atomic mass is 9.97. The van der Waals surface area contributed by atoms with E-state index in [1.165, 1.54) is 0 Å². The summed E-state index contributed by atoms with van der Waals surface area (Å²) in [7, 11) is 0. The van der Waals surface area contributed by atoms with Gasteiger partial charge in [-0.2, -0.15) is 0 Å². The second-order valence-corrected chi connectivity index (χ2v) is 16.1. The van der Waals surface area contributed by atoms with E-state index in [0.717, 1.165) is 83.5 Å². The van der Waals surface area contributed by atoms with Crippen LogP contribution in [0.4, 0.5) is 0 Å². The zero-order chi connectivity index (χ0) is 46.8. The van der Waals surface area contributed by atoms with E-state index >= 15 is 0 Å². The van der Waals surface area contributed by atoms with E-state index < -0.39 is 86.8 Å². The Kier molecular flexibility index (Phi) is 32.2. The van der Waals surface area contributed by atoms with Gasteiger partial charge in [0.15, 0.2) is 12.6 Å². The van der Waals surface area contributed by atoms with Gasteiger partial charge >= 0.3 is 0 Å². The number of aliphatic hydroxyl groups excluding tert-OH is 8. The molecule has 0 aliphatic carbocycles. The molecular formula is C50H81NO13. The van der Waals surface area contributed by atoms with Crippen LogP contribution >= 0.6 is 0 Å². The molecule has 2 heterocycles. The second kappa shape index (κ2) is 36.1. The number of unbranched alkanes of at least 4 members (excludes halogenated alkanes) is 6. The standard InChI is InChI=1S/C50H81NO13/c1-3-5-7-9-11-13-15-16-17-18-19-20-21-22-24-26-28-30-32-34-42(55)51-38(39(54)33-31-29-27-25-23-14-12-10-8-6-4-2)37-61-49-47(60)45(58)48(41(36-53)63-49)64-50-46(59)44(57)43(56)40(35-52)62-50/h5,7-8,10-11,13,16-17,19-20,22-25,31,33,38-41,43-50,52-54,56-60H,3-4,6,9,12,14-15,18,21,26-30,32,34-37H2,1-2H3,(H,51,55)/b7-5-,10-8+,13-11-,17-16-,20-19-,24-22-,25-23+,33-31+. The quantitative estimate of drug-likeness (QED) is 0.0305. The molecule has 0 aromatic rings. The highest BCUT2D eigenvalue weighted by Crippen LogP contribution is 2.29. The minimum absolute atomic E-state index is 0.224. The van der Waals surface area contributed by atoms with Gasteiger partial charge in [0.1, 0.15) is 48.8 Å². The molecular weight excluding hydrogens is 823 g/mol. The Balaban J connectivity index is 1.90. The molecule has 12 unspecified atom stereocenters. The van der Waals surface area contributed by atoms with Crippen molar-refractivity contribution in [1.82, 2.24) is 5.32 Å². The largest absolute Gasteiger partial charge is 0.394 e. The van der Waals surface area contributed by atoms with E-state index in [1.54, 1.807) is 6.08 Å². The number of allylic oxidation sites excluding steroid dienone is 15. The van der Waals surface area contributed by atoms with Crippen molar-refractivity contribution in [3.63, 3.8) is 0 Å². The summed E-state index contributed by atoms with van der Waals surface area (Å²) in [5.74, 6) is -0.293. The van der Waals surface area contributed by atoms with Crippen molar-refractivity contribution in [2.45, 2.75) is 190 Å². The van der Waals surface area contributed by atoms with E-state index in [4.69, 9.17) is 18.9 Å². The first-order chi connectivity index (χ1) is 31.1. The molecule has 0 aromatic heterocycles. The number of carbonyl (C=O) groups excluding carboxylic acids is 1. The van der Waals surface area contributed by atoms with E-state index in [0.29, 0.717) is 12.8 Å². The Morgan fingerprint density at radius 3 is 1.67 bits per heavy atom. The van der Waals surface area contributed by atoms with Crippen LogP contribution in [0.25, 0.3) is 0 Å². The summed E-state index contributed by atoms with van der Waals surface area (Å²) in [5.41, 5.74) is 0. The summed E-state index contributed by atoms with van der Waals surface area (Å²) in [4.78, 5) is 13.1. The van der Waals surface area contributed by atoms with Gasteiger partial charge in [-0.25, -0.2) is 0 Å². The smallest absolute Gasteiger partial charge is 0.220 e. The van der Waals surface area contributed by atoms with Gasteiger partial charge in [0, 0.05) is 6.42 Å². The number of aliphatic hydroxyl groups is 8. The van der Waals surface area contributed by atoms with Crippen molar-refractivity contribution < 1.29 is 64.6 Å². The van der Waals surface area contributed by atoms with Gasteiger partial charge in [0.05, 0.1) is 32.0 Å². The Bertz CT molecular complexity index is 1440. The molecule has 1 amide bonds. The van der Waals surface area contributed by atoms with Gasteiger partial charge in [-0.3, -0.25) is 4.79 Å². The maximum Gasteiger partial charge on any atom is 0.220 e. The van der Waals surface area contributed by atoms with Crippen molar-refractivity contribution in [2.24, 2.45) is 0 Å². The first kappa shape index (κ1) is 57.0. The predicted octanol–water partition coefficient (Wildman–Crippen LogP) is 5.20. The van der Waals surface area contributed by atoms with Crippen LogP contribution in [-0.4, -0.2) is 140 Å². The average molecular weight is 904 g/mol. The molecule has 364 valence electrons. The molecule has 12 atom stereocenters. The van der Waals surface area contributed by atoms with Gasteiger partial charge in [0.25, 0.3) is 0 Å². The number of carbonyl (C=O) groups is 1. The maximum absolute atomic E-state index is 13.1. The number of hydrogen-bond acceptors (Lipinski definition) is 13. The summed E-state index contributed by atoms with van der Waals surface area (Å²) < 4.78 is 22.6. The van der Waals surface area contributed by atoms with Crippen LogP contribution in [0.5, 0.6) is 0 Å². The molecule has 64 heavy (non-hydrogen) atoms. The van der Waals surface area contributed by atoms with Gasteiger partial charge in [-0.1, -0.05) is 124 Å². The first-order valence-electron chi connectivity index (χ1n) is 23.5. The lowest BCUT2D eigenvalue weighted by molar-refractivity contribution is -0.359. The Hall–Kier alpha value is -3.09. The van der Waals surface area contributed by atoms with Crippen LogP contribution in [0.2, 0.25) is 0 Å². The fraction of sp³-hybridized carbons (Fsp3) is 0.660. The maximum atomic E-state index is 13.1. The average Bonchev–Trinajstić information content (AvgIpc) is 3.29. The highest BCUT2D eigenvalue weighted by Gasteiger charge is 2.50. The molecule has 2 fully saturated rings. The number of nitrogens with one attached hydrogen (secondary N) is 1. The molecule has 0 aromatic carbocycles. The summed E-state index contributed by atoms with van der Waals surface area (Å²) in [5, 5.41) is 86.4. The normalized spacial score (nSPS) is 28.2. The third kappa shape index (κ3) is 23.4. The van der Waals surface area contributed by atoms with E-state index in [-0.39, 0.29) is 18.9 Å². The highest BCUT2D eigenvalue weighted by atomic mass is 16.7. The zero-order valence-electron chi connectivity index (χ0n) is 38.2. The molecule has 2 rings (SSSR count). The van der Waals surface area contributed by atoms with Crippen molar-refractivity contribution in [3.8, 4) is 0 Å². The third-order valence-corrected chi connectivity index (χ3v) is 10.7. The van der Waals surface area contributed by atoms with Crippen molar-refractivity contribution >= 4 is 5.91 Å². The molecule has 0 radical (unpaired) electrons. The van der Waals surface area contributed by atoms with Crippen molar-refractivity contribution in [2.75, 3.05) is 19.8 Å². The van der Waals surface area contributed by atoms with Crippen LogP contribution in [0.15, 0.2) is 97.2 Å². The molecule has 2 aliphatic rings. The second-order valence-electron chi connectivity index (χ2n) is 16.1.